The van der Waals surface area contributed by atoms with Gasteiger partial charge in [-0.25, -0.2) is 9.97 Å². The van der Waals surface area contributed by atoms with Gasteiger partial charge >= 0.3 is 0 Å². The van der Waals surface area contributed by atoms with Gasteiger partial charge in [0.15, 0.2) is 0 Å². The van der Waals surface area contributed by atoms with Gasteiger partial charge in [0.05, 0.1) is 18.1 Å². The summed E-state index contributed by atoms with van der Waals surface area (Å²) in [5.74, 6) is 0.323. The first-order chi connectivity index (χ1) is 6.15. The lowest BCUT2D eigenvalue weighted by Crippen LogP contribution is -2.24. The molecule has 0 atom stereocenters. The SMILES string of the molecule is CNc1cnc(N(C)C(C)=O)nc1. The Labute approximate surface area is 76.8 Å². The first-order valence-corrected chi connectivity index (χ1v) is 3.89. The molecule has 0 saturated carbocycles. The molecule has 0 unspecified atom stereocenters. The third-order valence-electron chi connectivity index (χ3n) is 1.70. The molecule has 0 aliphatic rings. The van der Waals surface area contributed by atoms with Gasteiger partial charge in [-0.3, -0.25) is 9.69 Å². The molecule has 0 radical (unpaired) electrons. The van der Waals surface area contributed by atoms with Crippen molar-refractivity contribution in [2.45, 2.75) is 6.92 Å². The molecule has 1 N–H and O–H groups in total. The van der Waals surface area contributed by atoms with Crippen LogP contribution in [0.5, 0.6) is 0 Å². The summed E-state index contributed by atoms with van der Waals surface area (Å²) in [5, 5.41) is 2.89. The van der Waals surface area contributed by atoms with Crippen LogP contribution in [0.2, 0.25) is 0 Å². The zero-order chi connectivity index (χ0) is 9.84. The summed E-state index contributed by atoms with van der Waals surface area (Å²) in [6.45, 7) is 1.47. The Kier molecular flexibility index (Phi) is 2.79. The normalized spacial score (nSPS) is 9.46. The van der Waals surface area contributed by atoms with E-state index in [0.717, 1.165) is 5.69 Å². The summed E-state index contributed by atoms with van der Waals surface area (Å²) in [5.41, 5.74) is 0.820. The predicted molar refractivity (Wildman–Crippen MR) is 50.7 cm³/mol. The van der Waals surface area contributed by atoms with Crippen LogP contribution in [-0.2, 0) is 4.79 Å². The van der Waals surface area contributed by atoms with Crippen LogP contribution < -0.4 is 10.2 Å². The molecule has 5 heteroatoms. The lowest BCUT2D eigenvalue weighted by Gasteiger charge is -2.11. The molecule has 0 aliphatic carbocycles. The molecule has 13 heavy (non-hydrogen) atoms. The van der Waals surface area contributed by atoms with Crippen molar-refractivity contribution >= 4 is 17.5 Å². The van der Waals surface area contributed by atoms with E-state index in [1.165, 1.54) is 11.8 Å². The smallest absolute Gasteiger partial charge is 0.231 e. The van der Waals surface area contributed by atoms with Crippen molar-refractivity contribution in [1.29, 1.82) is 0 Å². The molecule has 0 aromatic carbocycles. The fourth-order valence-corrected chi connectivity index (χ4v) is 0.764. The Morgan fingerprint density at radius 1 is 1.46 bits per heavy atom. The number of amides is 1. The Morgan fingerprint density at radius 2 is 2.00 bits per heavy atom. The van der Waals surface area contributed by atoms with Gasteiger partial charge in [0.2, 0.25) is 11.9 Å². The van der Waals surface area contributed by atoms with Gasteiger partial charge in [-0.2, -0.15) is 0 Å². The number of carbonyl (C=O) groups is 1. The molecule has 1 heterocycles. The lowest BCUT2D eigenvalue weighted by molar-refractivity contribution is -0.116. The molecule has 1 amide bonds. The van der Waals surface area contributed by atoms with Crippen LogP contribution in [0.25, 0.3) is 0 Å². The fourth-order valence-electron chi connectivity index (χ4n) is 0.764. The number of nitrogens with one attached hydrogen (secondary N) is 1. The lowest BCUT2D eigenvalue weighted by atomic mass is 10.5. The van der Waals surface area contributed by atoms with Gasteiger partial charge < -0.3 is 5.32 Å². The largest absolute Gasteiger partial charge is 0.386 e. The zero-order valence-electron chi connectivity index (χ0n) is 7.90. The molecule has 0 spiro atoms. The van der Waals surface area contributed by atoms with Crippen molar-refractivity contribution in [3.63, 3.8) is 0 Å². The number of anilines is 2. The average molecular weight is 180 g/mol. The van der Waals surface area contributed by atoms with Gasteiger partial charge in [0.1, 0.15) is 0 Å². The third-order valence-corrected chi connectivity index (χ3v) is 1.70. The number of carbonyl (C=O) groups excluding carboxylic acids is 1. The van der Waals surface area contributed by atoms with Crippen molar-refractivity contribution in [2.75, 3.05) is 24.3 Å². The summed E-state index contributed by atoms with van der Waals surface area (Å²) in [6, 6.07) is 0. The zero-order valence-corrected chi connectivity index (χ0v) is 7.90. The molecule has 70 valence electrons. The number of rotatable bonds is 2. The van der Waals surface area contributed by atoms with Gasteiger partial charge in [-0.05, 0) is 0 Å². The molecule has 1 aromatic rings. The highest BCUT2D eigenvalue weighted by molar-refractivity contribution is 5.88. The number of nitrogens with zero attached hydrogens (tertiary/aromatic N) is 3. The molecule has 0 aliphatic heterocycles. The Morgan fingerprint density at radius 3 is 2.38 bits per heavy atom. The first kappa shape index (κ1) is 9.44. The van der Waals surface area contributed by atoms with E-state index in [1.807, 2.05) is 0 Å². The maximum atomic E-state index is 10.9. The van der Waals surface area contributed by atoms with Gasteiger partial charge in [0, 0.05) is 21.0 Å². The standard InChI is InChI=1S/C8H12N4O/c1-6(13)12(3)8-10-4-7(9-2)5-11-8/h4-5,9H,1-3H3. The minimum absolute atomic E-state index is 0.0859. The van der Waals surface area contributed by atoms with E-state index in [4.69, 9.17) is 0 Å². The maximum absolute atomic E-state index is 10.9. The van der Waals surface area contributed by atoms with Crippen molar-refractivity contribution in [1.82, 2.24) is 9.97 Å². The molecule has 0 saturated heterocycles. The second-order valence-electron chi connectivity index (χ2n) is 2.60. The van der Waals surface area contributed by atoms with E-state index < -0.39 is 0 Å². The predicted octanol–water partition coefficient (Wildman–Crippen LogP) is 0.501. The second kappa shape index (κ2) is 3.84. The van der Waals surface area contributed by atoms with Crippen LogP contribution in [0.4, 0.5) is 11.6 Å². The van der Waals surface area contributed by atoms with E-state index in [1.54, 1.807) is 26.5 Å². The van der Waals surface area contributed by atoms with Crippen molar-refractivity contribution < 1.29 is 4.79 Å². The third kappa shape index (κ3) is 2.14. The van der Waals surface area contributed by atoms with Crippen LogP contribution in [-0.4, -0.2) is 30.0 Å². The van der Waals surface area contributed by atoms with Crippen molar-refractivity contribution in [2.24, 2.45) is 0 Å². The summed E-state index contributed by atoms with van der Waals surface area (Å²) >= 11 is 0. The Bertz CT molecular complexity index is 296. The van der Waals surface area contributed by atoms with E-state index in [0.29, 0.717) is 5.95 Å². The van der Waals surface area contributed by atoms with Crippen LogP contribution in [0.15, 0.2) is 12.4 Å². The van der Waals surface area contributed by atoms with Gasteiger partial charge in [0.25, 0.3) is 0 Å². The Balaban J connectivity index is 2.85. The topological polar surface area (TPSA) is 58.1 Å². The van der Waals surface area contributed by atoms with Crippen molar-refractivity contribution in [3.05, 3.63) is 12.4 Å². The first-order valence-electron chi connectivity index (χ1n) is 3.89. The molecule has 0 fully saturated rings. The summed E-state index contributed by atoms with van der Waals surface area (Å²) in [4.78, 5) is 20.3. The van der Waals surface area contributed by atoms with Crippen LogP contribution >= 0.6 is 0 Å². The molecule has 0 bridgehead atoms. The monoisotopic (exact) mass is 180 g/mol. The van der Waals surface area contributed by atoms with E-state index in [-0.39, 0.29) is 5.91 Å². The number of aromatic nitrogens is 2. The fraction of sp³-hybridized carbons (Fsp3) is 0.375. The minimum Gasteiger partial charge on any atom is -0.386 e. The molecule has 5 nitrogen and oxygen atoms in total. The summed E-state index contributed by atoms with van der Waals surface area (Å²) in [7, 11) is 3.42. The van der Waals surface area contributed by atoms with E-state index in [9.17, 15) is 4.79 Å². The van der Waals surface area contributed by atoms with Crippen LogP contribution in [0.3, 0.4) is 0 Å². The maximum Gasteiger partial charge on any atom is 0.231 e. The molecular weight excluding hydrogens is 168 g/mol. The number of hydrogen-bond donors (Lipinski definition) is 1. The molecular formula is C8H12N4O. The second-order valence-corrected chi connectivity index (χ2v) is 2.60. The average Bonchev–Trinajstić information content (AvgIpc) is 2.17. The van der Waals surface area contributed by atoms with E-state index >= 15 is 0 Å². The highest BCUT2D eigenvalue weighted by atomic mass is 16.2. The number of hydrogen-bond acceptors (Lipinski definition) is 4. The van der Waals surface area contributed by atoms with Crippen LogP contribution in [0.1, 0.15) is 6.92 Å². The van der Waals surface area contributed by atoms with Gasteiger partial charge in [-0.15, -0.1) is 0 Å². The van der Waals surface area contributed by atoms with Gasteiger partial charge in [-0.1, -0.05) is 0 Å². The minimum atomic E-state index is -0.0859. The summed E-state index contributed by atoms with van der Waals surface area (Å²) in [6.07, 6.45) is 3.25. The molecule has 1 rings (SSSR count). The molecule has 1 aromatic heterocycles. The van der Waals surface area contributed by atoms with Crippen molar-refractivity contribution in [3.8, 4) is 0 Å². The highest BCUT2D eigenvalue weighted by Crippen LogP contribution is 2.07. The van der Waals surface area contributed by atoms with Crippen LogP contribution in [0, 0.1) is 0 Å². The Hall–Kier alpha value is -1.65. The van der Waals surface area contributed by atoms with E-state index in [2.05, 4.69) is 15.3 Å². The summed E-state index contributed by atoms with van der Waals surface area (Å²) < 4.78 is 0. The quantitative estimate of drug-likeness (QED) is 0.720. The highest BCUT2D eigenvalue weighted by Gasteiger charge is 2.07.